The lowest BCUT2D eigenvalue weighted by Crippen LogP contribution is -2.36. The summed E-state index contributed by atoms with van der Waals surface area (Å²) >= 11 is 0. The maximum Gasteiger partial charge on any atom is 0.416 e. The largest absolute Gasteiger partial charge is 0.459 e. The number of ether oxygens (including phenoxy) is 1. The van der Waals surface area contributed by atoms with E-state index in [9.17, 15) is 22.8 Å². The predicted octanol–water partition coefficient (Wildman–Crippen LogP) is 6.13. The first-order valence-electron chi connectivity index (χ1n) is 13.1. The van der Waals surface area contributed by atoms with Gasteiger partial charge >= 0.3 is 18.1 Å². The van der Waals surface area contributed by atoms with E-state index < -0.39 is 29.7 Å². The van der Waals surface area contributed by atoms with Gasteiger partial charge in [-0.25, -0.2) is 4.79 Å². The summed E-state index contributed by atoms with van der Waals surface area (Å²) < 4.78 is 43.7. The van der Waals surface area contributed by atoms with Gasteiger partial charge in [-0.1, -0.05) is 68.2 Å². The summed E-state index contributed by atoms with van der Waals surface area (Å²) in [6, 6.07) is 11.2. The number of benzene rings is 2. The van der Waals surface area contributed by atoms with Crippen molar-refractivity contribution in [1.29, 1.82) is 0 Å². The Labute approximate surface area is 222 Å². The van der Waals surface area contributed by atoms with Gasteiger partial charge in [0, 0.05) is 18.6 Å². The summed E-state index contributed by atoms with van der Waals surface area (Å²) in [5, 5.41) is 11.4. The zero-order valence-electron chi connectivity index (χ0n) is 21.8. The Morgan fingerprint density at radius 2 is 1.53 bits per heavy atom. The molecule has 8 heteroatoms. The van der Waals surface area contributed by atoms with Gasteiger partial charge in [-0.3, -0.25) is 4.79 Å². The number of amides is 1. The van der Waals surface area contributed by atoms with Crippen molar-refractivity contribution in [2.24, 2.45) is 0 Å². The Kier molecular flexibility index (Phi) is 13.4. The van der Waals surface area contributed by atoms with Crippen molar-refractivity contribution in [3.8, 4) is 11.8 Å². The number of carbonyl (C=O) groups excluding carboxylic acids is 2. The maximum atomic E-state index is 13.0. The number of hydrogen-bond donors (Lipinski definition) is 2. The van der Waals surface area contributed by atoms with Crippen LogP contribution in [0.2, 0.25) is 0 Å². The van der Waals surface area contributed by atoms with E-state index >= 15 is 0 Å². The summed E-state index contributed by atoms with van der Waals surface area (Å²) in [6.45, 7) is 1.87. The van der Waals surface area contributed by atoms with Gasteiger partial charge in [-0.05, 0) is 61.6 Å². The Balaban J connectivity index is 1.97. The number of esters is 1. The molecule has 0 aliphatic rings. The van der Waals surface area contributed by atoms with Crippen LogP contribution in [0.1, 0.15) is 86.6 Å². The molecule has 0 spiro atoms. The van der Waals surface area contributed by atoms with E-state index in [4.69, 9.17) is 9.84 Å². The van der Waals surface area contributed by atoms with E-state index in [2.05, 4.69) is 17.2 Å². The highest BCUT2D eigenvalue weighted by molar-refractivity contribution is 6.32. The van der Waals surface area contributed by atoms with Crippen LogP contribution < -0.4 is 5.32 Å². The molecule has 2 aromatic carbocycles. The van der Waals surface area contributed by atoms with E-state index in [1.54, 1.807) is 6.92 Å². The number of carbonyl (C=O) groups is 2. The third-order valence-corrected chi connectivity index (χ3v) is 5.99. The first-order chi connectivity index (χ1) is 18.2. The standard InChI is InChI=1S/C30H36F3NO4/c1-2-38-29(37)28(36)34-27(25-17-19-26(20-18-25)30(31,32)33)22-24-15-13-23(14-16-24)12-10-8-6-4-3-5-7-9-11-21-35/h13-20,27,35H,2-9,11,21-22H2,1H3,(H,34,36). The zero-order chi connectivity index (χ0) is 27.8. The molecule has 0 aliphatic carbocycles. The topological polar surface area (TPSA) is 75.6 Å². The molecule has 0 fully saturated rings. The van der Waals surface area contributed by atoms with Gasteiger partial charge in [-0.15, -0.1) is 0 Å². The van der Waals surface area contributed by atoms with Crippen LogP contribution in [0, 0.1) is 11.8 Å². The van der Waals surface area contributed by atoms with Crippen LogP contribution in [0.25, 0.3) is 0 Å². The molecule has 1 atom stereocenters. The number of unbranched alkanes of at least 4 members (excludes halogenated alkanes) is 7. The lowest BCUT2D eigenvalue weighted by molar-refractivity contribution is -0.154. The van der Waals surface area contributed by atoms with Crippen molar-refractivity contribution in [2.45, 2.75) is 76.9 Å². The lowest BCUT2D eigenvalue weighted by atomic mass is 9.97. The molecule has 0 saturated heterocycles. The summed E-state index contributed by atoms with van der Waals surface area (Å²) in [5.74, 6) is 4.33. The Bertz CT molecular complexity index is 1050. The molecule has 0 saturated carbocycles. The minimum Gasteiger partial charge on any atom is -0.459 e. The van der Waals surface area contributed by atoms with Crippen molar-refractivity contribution in [2.75, 3.05) is 13.2 Å². The summed E-state index contributed by atoms with van der Waals surface area (Å²) in [4.78, 5) is 24.1. The van der Waals surface area contributed by atoms with Gasteiger partial charge in [0.25, 0.3) is 0 Å². The van der Waals surface area contributed by atoms with Crippen LogP contribution in [0.5, 0.6) is 0 Å². The highest BCUT2D eigenvalue weighted by Gasteiger charge is 2.30. The van der Waals surface area contributed by atoms with Crippen LogP contribution in [-0.2, 0) is 26.9 Å². The SMILES string of the molecule is CCOC(=O)C(=O)NC(Cc1ccc(C#CCCCCCCCCCO)cc1)c1ccc(C(F)(F)F)cc1. The zero-order valence-corrected chi connectivity index (χ0v) is 21.8. The third-order valence-electron chi connectivity index (χ3n) is 5.99. The fourth-order valence-electron chi connectivity index (χ4n) is 3.90. The van der Waals surface area contributed by atoms with E-state index in [0.717, 1.165) is 61.8 Å². The van der Waals surface area contributed by atoms with Crippen molar-refractivity contribution in [3.05, 3.63) is 70.8 Å². The number of rotatable bonds is 13. The van der Waals surface area contributed by atoms with E-state index in [1.165, 1.54) is 25.0 Å². The molecule has 206 valence electrons. The van der Waals surface area contributed by atoms with Crippen LogP contribution in [0.3, 0.4) is 0 Å². The van der Waals surface area contributed by atoms with Crippen molar-refractivity contribution in [1.82, 2.24) is 5.32 Å². The Morgan fingerprint density at radius 1 is 0.921 bits per heavy atom. The molecule has 0 heterocycles. The molecule has 38 heavy (non-hydrogen) atoms. The molecular formula is C30H36F3NO4. The maximum absolute atomic E-state index is 13.0. The van der Waals surface area contributed by atoms with Gasteiger partial charge in [0.05, 0.1) is 18.2 Å². The van der Waals surface area contributed by atoms with Gasteiger partial charge in [0.1, 0.15) is 0 Å². The number of nitrogens with one attached hydrogen (secondary N) is 1. The van der Waals surface area contributed by atoms with Crippen LogP contribution >= 0.6 is 0 Å². The predicted molar refractivity (Wildman–Crippen MR) is 140 cm³/mol. The highest BCUT2D eigenvalue weighted by atomic mass is 19.4. The first kappa shape index (κ1) is 30.9. The molecule has 1 amide bonds. The van der Waals surface area contributed by atoms with Gasteiger partial charge in [-0.2, -0.15) is 13.2 Å². The smallest absolute Gasteiger partial charge is 0.416 e. The quantitative estimate of drug-likeness (QED) is 0.141. The minimum atomic E-state index is -4.47. The van der Waals surface area contributed by atoms with Crippen LogP contribution in [-0.4, -0.2) is 30.2 Å². The number of aliphatic hydroxyl groups excluding tert-OH is 1. The lowest BCUT2D eigenvalue weighted by Gasteiger charge is -2.20. The number of aliphatic hydroxyl groups is 1. The second kappa shape index (κ2) is 16.5. The summed E-state index contributed by atoms with van der Waals surface area (Å²) in [6.07, 6.45) is 4.26. The van der Waals surface area contributed by atoms with Crippen molar-refractivity contribution in [3.63, 3.8) is 0 Å². The second-order valence-corrected chi connectivity index (χ2v) is 9.02. The number of halogens is 3. The van der Waals surface area contributed by atoms with Crippen molar-refractivity contribution < 1.29 is 32.6 Å². The Morgan fingerprint density at radius 3 is 2.11 bits per heavy atom. The van der Waals surface area contributed by atoms with E-state index in [1.807, 2.05) is 24.3 Å². The molecule has 0 bridgehead atoms. The average molecular weight is 532 g/mol. The molecule has 2 rings (SSSR count). The van der Waals surface area contributed by atoms with Crippen molar-refractivity contribution >= 4 is 11.9 Å². The van der Waals surface area contributed by atoms with E-state index in [-0.39, 0.29) is 19.6 Å². The minimum absolute atomic E-state index is 0.0329. The van der Waals surface area contributed by atoms with Gasteiger partial charge in [0.15, 0.2) is 0 Å². The fraction of sp³-hybridized carbons (Fsp3) is 0.467. The monoisotopic (exact) mass is 531 g/mol. The molecule has 1 unspecified atom stereocenters. The fourth-order valence-corrected chi connectivity index (χ4v) is 3.90. The molecule has 0 aliphatic heterocycles. The van der Waals surface area contributed by atoms with Gasteiger partial charge in [0.2, 0.25) is 0 Å². The van der Waals surface area contributed by atoms with Crippen LogP contribution in [0.4, 0.5) is 13.2 Å². The molecule has 2 N–H and O–H groups in total. The molecular weight excluding hydrogens is 495 g/mol. The first-order valence-corrected chi connectivity index (χ1v) is 13.1. The number of hydrogen-bond acceptors (Lipinski definition) is 4. The van der Waals surface area contributed by atoms with Crippen LogP contribution in [0.15, 0.2) is 48.5 Å². The second-order valence-electron chi connectivity index (χ2n) is 9.02. The summed E-state index contributed by atoms with van der Waals surface area (Å²) in [7, 11) is 0. The highest BCUT2D eigenvalue weighted by Crippen LogP contribution is 2.30. The summed E-state index contributed by atoms with van der Waals surface area (Å²) in [5.41, 5.74) is 1.32. The van der Waals surface area contributed by atoms with Gasteiger partial charge < -0.3 is 15.2 Å². The number of alkyl halides is 3. The normalized spacial score (nSPS) is 11.8. The molecule has 2 aromatic rings. The average Bonchev–Trinajstić information content (AvgIpc) is 2.90. The molecule has 5 nitrogen and oxygen atoms in total. The molecule has 0 aromatic heterocycles. The third kappa shape index (κ3) is 11.4. The Hall–Kier alpha value is -3.31. The van der Waals surface area contributed by atoms with E-state index in [0.29, 0.717) is 5.56 Å². The molecule has 0 radical (unpaired) electrons.